The van der Waals surface area contributed by atoms with Gasteiger partial charge in [0.05, 0.1) is 0 Å². The monoisotopic (exact) mass is 246 g/mol. The minimum atomic E-state index is 0.320. The Hall–Kier alpha value is -0.860. The Morgan fingerprint density at radius 1 is 1.33 bits per heavy atom. The van der Waals surface area contributed by atoms with Gasteiger partial charge in [-0.3, -0.25) is 4.90 Å². The molecule has 1 aliphatic heterocycles. The standard InChI is InChI=1S/C16H26N2/c1-3-16(14-8-5-4-6-9-14)18-11-7-10-15(12-18)13(2)17/h4-6,8-9,13,15-16H,3,7,10-12,17H2,1-2H3. The van der Waals surface area contributed by atoms with Crippen LogP contribution in [-0.2, 0) is 0 Å². The zero-order chi connectivity index (χ0) is 13.0. The van der Waals surface area contributed by atoms with Gasteiger partial charge < -0.3 is 5.73 Å². The van der Waals surface area contributed by atoms with Crippen molar-refractivity contribution in [3.63, 3.8) is 0 Å². The molecule has 18 heavy (non-hydrogen) atoms. The molecule has 2 N–H and O–H groups in total. The summed E-state index contributed by atoms with van der Waals surface area (Å²) in [5.74, 6) is 0.663. The molecule has 0 aromatic heterocycles. The SMILES string of the molecule is CCC(c1ccccc1)N1CCCC(C(C)N)C1. The molecular weight excluding hydrogens is 220 g/mol. The molecule has 1 fully saturated rings. The molecule has 1 aromatic carbocycles. The van der Waals surface area contributed by atoms with Gasteiger partial charge in [0.2, 0.25) is 0 Å². The molecule has 0 saturated carbocycles. The lowest BCUT2D eigenvalue weighted by atomic mass is 9.90. The van der Waals surface area contributed by atoms with E-state index in [-0.39, 0.29) is 0 Å². The van der Waals surface area contributed by atoms with E-state index in [4.69, 9.17) is 5.73 Å². The van der Waals surface area contributed by atoms with E-state index < -0.39 is 0 Å². The number of hydrogen-bond acceptors (Lipinski definition) is 2. The number of piperidine rings is 1. The second kappa shape index (κ2) is 6.35. The molecule has 1 aliphatic rings. The zero-order valence-electron chi connectivity index (χ0n) is 11.7. The molecule has 3 unspecified atom stereocenters. The van der Waals surface area contributed by atoms with Crippen molar-refractivity contribution >= 4 is 0 Å². The van der Waals surface area contributed by atoms with E-state index in [0.29, 0.717) is 18.0 Å². The van der Waals surface area contributed by atoms with Gasteiger partial charge in [-0.2, -0.15) is 0 Å². The van der Waals surface area contributed by atoms with E-state index in [1.54, 1.807) is 0 Å². The Bertz CT molecular complexity index is 347. The molecule has 1 heterocycles. The number of nitrogens with zero attached hydrogens (tertiary/aromatic N) is 1. The summed E-state index contributed by atoms with van der Waals surface area (Å²) in [5.41, 5.74) is 7.53. The maximum atomic E-state index is 6.08. The van der Waals surface area contributed by atoms with Crippen molar-refractivity contribution in [1.29, 1.82) is 0 Å². The number of benzene rings is 1. The van der Waals surface area contributed by atoms with Crippen molar-refractivity contribution < 1.29 is 0 Å². The van der Waals surface area contributed by atoms with Gasteiger partial charge in [0.1, 0.15) is 0 Å². The van der Waals surface area contributed by atoms with Crippen LogP contribution in [-0.4, -0.2) is 24.0 Å². The second-order valence-corrected chi connectivity index (χ2v) is 5.59. The molecule has 3 atom stereocenters. The van der Waals surface area contributed by atoms with Crippen molar-refractivity contribution in [2.75, 3.05) is 13.1 Å². The van der Waals surface area contributed by atoms with Gasteiger partial charge >= 0.3 is 0 Å². The summed E-state index contributed by atoms with van der Waals surface area (Å²) in [7, 11) is 0. The van der Waals surface area contributed by atoms with Gasteiger partial charge in [0.15, 0.2) is 0 Å². The highest BCUT2D eigenvalue weighted by molar-refractivity contribution is 5.19. The molecule has 2 nitrogen and oxygen atoms in total. The molecule has 1 aromatic rings. The summed E-state index contributed by atoms with van der Waals surface area (Å²) in [6.07, 6.45) is 3.75. The quantitative estimate of drug-likeness (QED) is 0.884. The van der Waals surface area contributed by atoms with E-state index in [9.17, 15) is 0 Å². The topological polar surface area (TPSA) is 29.3 Å². The Balaban J connectivity index is 2.08. The molecule has 0 aliphatic carbocycles. The van der Waals surface area contributed by atoms with Gasteiger partial charge in [-0.05, 0) is 44.2 Å². The molecule has 100 valence electrons. The number of hydrogen-bond donors (Lipinski definition) is 1. The van der Waals surface area contributed by atoms with Crippen LogP contribution in [0, 0.1) is 5.92 Å². The first-order valence-electron chi connectivity index (χ1n) is 7.27. The van der Waals surface area contributed by atoms with Gasteiger partial charge in [-0.25, -0.2) is 0 Å². The van der Waals surface area contributed by atoms with Gasteiger partial charge in [0.25, 0.3) is 0 Å². The molecule has 0 bridgehead atoms. The van der Waals surface area contributed by atoms with Gasteiger partial charge in [-0.1, -0.05) is 37.3 Å². The molecule has 2 heteroatoms. The van der Waals surface area contributed by atoms with E-state index in [1.165, 1.54) is 31.4 Å². The summed E-state index contributed by atoms with van der Waals surface area (Å²) >= 11 is 0. The minimum absolute atomic E-state index is 0.320. The third-order valence-electron chi connectivity index (χ3n) is 4.24. The summed E-state index contributed by atoms with van der Waals surface area (Å²) in [4.78, 5) is 2.63. The van der Waals surface area contributed by atoms with Crippen molar-refractivity contribution in [2.45, 2.75) is 45.2 Å². The average Bonchev–Trinajstić information content (AvgIpc) is 2.41. The van der Waals surface area contributed by atoms with Crippen LogP contribution >= 0.6 is 0 Å². The number of nitrogens with two attached hydrogens (primary N) is 1. The fourth-order valence-electron chi connectivity index (χ4n) is 3.13. The Morgan fingerprint density at radius 3 is 2.67 bits per heavy atom. The molecule has 0 radical (unpaired) electrons. The average molecular weight is 246 g/mol. The Kier molecular flexibility index (Phi) is 4.79. The lowest BCUT2D eigenvalue weighted by Crippen LogP contribution is -2.43. The molecule has 0 amide bonds. The van der Waals surface area contributed by atoms with Crippen LogP contribution < -0.4 is 5.73 Å². The Labute approximate surface area is 111 Å². The largest absolute Gasteiger partial charge is 0.328 e. The predicted molar refractivity (Wildman–Crippen MR) is 77.4 cm³/mol. The van der Waals surface area contributed by atoms with Crippen molar-refractivity contribution in [3.05, 3.63) is 35.9 Å². The van der Waals surface area contributed by atoms with E-state index in [0.717, 1.165) is 6.54 Å². The first-order chi connectivity index (χ1) is 8.72. The molecule has 2 rings (SSSR count). The highest BCUT2D eigenvalue weighted by Crippen LogP contribution is 2.29. The summed E-state index contributed by atoms with van der Waals surface area (Å²) in [5, 5.41) is 0. The normalized spacial score (nSPS) is 24.7. The van der Waals surface area contributed by atoms with E-state index >= 15 is 0 Å². The lowest BCUT2D eigenvalue weighted by molar-refractivity contribution is 0.110. The maximum absolute atomic E-state index is 6.08. The second-order valence-electron chi connectivity index (χ2n) is 5.59. The first-order valence-corrected chi connectivity index (χ1v) is 7.27. The summed E-state index contributed by atoms with van der Waals surface area (Å²) in [6, 6.07) is 11.8. The van der Waals surface area contributed by atoms with Crippen molar-refractivity contribution in [2.24, 2.45) is 11.7 Å². The third-order valence-corrected chi connectivity index (χ3v) is 4.24. The van der Waals surface area contributed by atoms with Crippen LogP contribution in [0.5, 0.6) is 0 Å². The molecule has 0 spiro atoms. The van der Waals surface area contributed by atoms with Crippen LogP contribution in [0.25, 0.3) is 0 Å². The zero-order valence-corrected chi connectivity index (χ0v) is 11.7. The smallest absolute Gasteiger partial charge is 0.0345 e. The highest BCUT2D eigenvalue weighted by Gasteiger charge is 2.27. The van der Waals surface area contributed by atoms with Crippen LogP contribution in [0.1, 0.15) is 44.7 Å². The minimum Gasteiger partial charge on any atom is -0.328 e. The third kappa shape index (κ3) is 3.12. The highest BCUT2D eigenvalue weighted by atomic mass is 15.2. The Morgan fingerprint density at radius 2 is 2.06 bits per heavy atom. The number of rotatable bonds is 4. The fraction of sp³-hybridized carbons (Fsp3) is 0.625. The molecule has 1 saturated heterocycles. The van der Waals surface area contributed by atoms with Crippen LogP contribution in [0.4, 0.5) is 0 Å². The lowest BCUT2D eigenvalue weighted by Gasteiger charge is -2.39. The van der Waals surface area contributed by atoms with Crippen LogP contribution in [0.3, 0.4) is 0 Å². The van der Waals surface area contributed by atoms with E-state index in [2.05, 4.69) is 49.1 Å². The van der Waals surface area contributed by atoms with Crippen LogP contribution in [0.2, 0.25) is 0 Å². The summed E-state index contributed by atoms with van der Waals surface area (Å²) < 4.78 is 0. The van der Waals surface area contributed by atoms with E-state index in [1.807, 2.05) is 0 Å². The van der Waals surface area contributed by atoms with Crippen LogP contribution in [0.15, 0.2) is 30.3 Å². The van der Waals surface area contributed by atoms with Gasteiger partial charge in [0, 0.05) is 18.6 Å². The number of likely N-dealkylation sites (tertiary alicyclic amines) is 1. The summed E-state index contributed by atoms with van der Waals surface area (Å²) in [6.45, 7) is 6.81. The van der Waals surface area contributed by atoms with Crippen molar-refractivity contribution in [3.8, 4) is 0 Å². The van der Waals surface area contributed by atoms with Crippen molar-refractivity contribution in [1.82, 2.24) is 4.90 Å². The first kappa shape index (κ1) is 13.6. The van der Waals surface area contributed by atoms with Gasteiger partial charge in [-0.15, -0.1) is 0 Å². The maximum Gasteiger partial charge on any atom is 0.0345 e. The molecular formula is C16H26N2. The fourth-order valence-corrected chi connectivity index (χ4v) is 3.13. The predicted octanol–water partition coefficient (Wildman–Crippen LogP) is 3.20.